The van der Waals surface area contributed by atoms with Gasteiger partial charge in [-0.1, -0.05) is 12.1 Å². The molecule has 2 heterocycles. The van der Waals surface area contributed by atoms with Gasteiger partial charge >= 0.3 is 0 Å². The van der Waals surface area contributed by atoms with E-state index in [4.69, 9.17) is 0 Å². The first kappa shape index (κ1) is 26.7. The number of hydrogen-bond donors (Lipinski definition) is 1. The Morgan fingerprint density at radius 1 is 1.05 bits per heavy atom. The molecule has 0 saturated carbocycles. The normalized spacial score (nSPS) is 16.1. The summed E-state index contributed by atoms with van der Waals surface area (Å²) in [4.78, 5) is 40.0. The number of nitrogens with one attached hydrogen (secondary N) is 1. The van der Waals surface area contributed by atoms with E-state index in [-0.39, 0.29) is 23.8 Å². The lowest BCUT2D eigenvalue weighted by molar-refractivity contribution is -0.122. The number of thiophene rings is 1. The second-order valence-electron chi connectivity index (χ2n) is 9.23. The van der Waals surface area contributed by atoms with Crippen LogP contribution in [0.2, 0.25) is 0 Å². The van der Waals surface area contributed by atoms with Crippen LogP contribution in [0, 0.1) is 27.7 Å². The third-order valence-electron chi connectivity index (χ3n) is 6.67. The molecular weight excluding hydrogens is 510 g/mol. The van der Waals surface area contributed by atoms with Crippen LogP contribution in [0.25, 0.3) is 0 Å². The molecule has 0 spiro atoms. The van der Waals surface area contributed by atoms with Crippen LogP contribution in [0.5, 0.6) is 0 Å². The number of amides is 3. The molecule has 1 fully saturated rings. The van der Waals surface area contributed by atoms with E-state index in [2.05, 4.69) is 5.32 Å². The zero-order valence-electron chi connectivity index (χ0n) is 21.4. The van der Waals surface area contributed by atoms with Crippen LogP contribution in [-0.2, 0) is 31.0 Å². The van der Waals surface area contributed by atoms with Crippen molar-refractivity contribution in [1.29, 1.82) is 0 Å². The Morgan fingerprint density at radius 3 is 2.22 bits per heavy atom. The minimum Gasteiger partial charge on any atom is -0.326 e. The highest BCUT2D eigenvalue weighted by atomic mass is 32.2. The summed E-state index contributed by atoms with van der Waals surface area (Å²) in [6.45, 7) is 8.62. The van der Waals surface area contributed by atoms with Gasteiger partial charge in [0.15, 0.2) is 0 Å². The number of anilines is 2. The lowest BCUT2D eigenvalue weighted by atomic mass is 10.0. The Morgan fingerprint density at radius 2 is 1.68 bits per heavy atom. The molecule has 1 N–H and O–H groups in total. The number of imide groups is 1. The Labute approximate surface area is 221 Å². The first-order valence-corrected chi connectivity index (χ1v) is 14.1. The highest BCUT2D eigenvalue weighted by Gasteiger charge is 2.47. The molecule has 0 aliphatic carbocycles. The van der Waals surface area contributed by atoms with Crippen LogP contribution in [-0.4, -0.2) is 36.5 Å². The summed E-state index contributed by atoms with van der Waals surface area (Å²) in [7, 11) is -4.16. The molecule has 1 unspecified atom stereocenters. The molecule has 1 saturated heterocycles. The van der Waals surface area contributed by atoms with Gasteiger partial charge < -0.3 is 5.32 Å². The zero-order chi connectivity index (χ0) is 27.1. The van der Waals surface area contributed by atoms with Gasteiger partial charge in [0.25, 0.3) is 5.91 Å². The van der Waals surface area contributed by atoms with Crippen molar-refractivity contribution in [3.8, 4) is 0 Å². The fourth-order valence-electron chi connectivity index (χ4n) is 4.61. The van der Waals surface area contributed by atoms with E-state index in [0.29, 0.717) is 22.5 Å². The predicted octanol–water partition coefficient (Wildman–Crippen LogP) is 4.46. The van der Waals surface area contributed by atoms with Crippen LogP contribution in [0.15, 0.2) is 52.7 Å². The van der Waals surface area contributed by atoms with Crippen molar-refractivity contribution in [1.82, 2.24) is 4.31 Å². The average Bonchev–Trinajstić information content (AvgIpc) is 3.44. The number of carbonyl (C=O) groups is 3. The minimum atomic E-state index is -4.16. The Bertz CT molecular complexity index is 1450. The second-order valence-corrected chi connectivity index (χ2v) is 12.1. The fraction of sp³-hybridized carbons (Fsp3) is 0.296. The smallest absolute Gasteiger partial charge is 0.252 e. The molecule has 37 heavy (non-hydrogen) atoms. The summed E-state index contributed by atoms with van der Waals surface area (Å²) in [6.07, 6.45) is -0.264. The molecule has 0 bridgehead atoms. The molecule has 1 aliphatic rings. The first-order valence-electron chi connectivity index (χ1n) is 11.8. The van der Waals surface area contributed by atoms with Crippen LogP contribution in [0.3, 0.4) is 0 Å². The van der Waals surface area contributed by atoms with Crippen molar-refractivity contribution in [2.45, 2.75) is 58.5 Å². The number of carbonyl (C=O) groups excluding carboxylic acids is 3. The lowest BCUT2D eigenvalue weighted by Crippen LogP contribution is -2.45. The third-order valence-corrected chi connectivity index (χ3v) is 9.66. The molecule has 4 rings (SSSR count). The number of nitrogens with zero attached hydrogens (tertiary/aromatic N) is 2. The number of benzene rings is 2. The molecule has 10 heteroatoms. The van der Waals surface area contributed by atoms with E-state index >= 15 is 0 Å². The van der Waals surface area contributed by atoms with Gasteiger partial charge in [0, 0.05) is 24.0 Å². The van der Waals surface area contributed by atoms with Crippen LogP contribution >= 0.6 is 11.3 Å². The molecule has 0 radical (unpaired) electrons. The maximum Gasteiger partial charge on any atom is 0.252 e. The second kappa shape index (κ2) is 10.2. The van der Waals surface area contributed by atoms with E-state index in [1.165, 1.54) is 22.6 Å². The Hall–Kier alpha value is -3.34. The lowest BCUT2D eigenvalue weighted by Gasteiger charge is -2.28. The van der Waals surface area contributed by atoms with Gasteiger partial charge in [-0.3, -0.25) is 14.4 Å². The molecule has 3 aromatic rings. The molecule has 8 nitrogen and oxygen atoms in total. The summed E-state index contributed by atoms with van der Waals surface area (Å²) in [6, 6.07) is 10.7. The van der Waals surface area contributed by atoms with Gasteiger partial charge in [0.1, 0.15) is 6.04 Å². The van der Waals surface area contributed by atoms with Crippen molar-refractivity contribution in [2.75, 3.05) is 10.2 Å². The first-order chi connectivity index (χ1) is 17.4. The van der Waals surface area contributed by atoms with E-state index < -0.39 is 27.9 Å². The standard InChI is InChI=1S/C27H29N3O5S2/c1-16-13-17(2)19(4)26(18(16)3)37(34,35)29(15-23-7-6-12-36-23)24-14-25(32)30(27(24)33)22-10-8-21(9-11-22)28-20(5)31/h6-13,24H,14-15H2,1-5H3,(H,28,31). The maximum absolute atomic E-state index is 14.2. The molecule has 3 amide bonds. The average molecular weight is 540 g/mol. The predicted molar refractivity (Wildman–Crippen MR) is 144 cm³/mol. The van der Waals surface area contributed by atoms with E-state index in [0.717, 1.165) is 20.9 Å². The van der Waals surface area contributed by atoms with E-state index in [9.17, 15) is 22.8 Å². The summed E-state index contributed by atoms with van der Waals surface area (Å²) in [5.41, 5.74) is 3.77. The molecular formula is C27H29N3O5S2. The van der Waals surface area contributed by atoms with Crippen molar-refractivity contribution < 1.29 is 22.8 Å². The van der Waals surface area contributed by atoms with Crippen molar-refractivity contribution in [3.05, 3.63) is 75.0 Å². The Kier molecular flexibility index (Phi) is 7.36. The van der Waals surface area contributed by atoms with Gasteiger partial charge in [-0.05, 0) is 85.7 Å². The van der Waals surface area contributed by atoms with Crippen molar-refractivity contribution in [3.63, 3.8) is 0 Å². The van der Waals surface area contributed by atoms with Crippen LogP contribution in [0.4, 0.5) is 11.4 Å². The van der Waals surface area contributed by atoms with Crippen molar-refractivity contribution >= 4 is 50.5 Å². The minimum absolute atomic E-state index is 0.0230. The van der Waals surface area contributed by atoms with Gasteiger partial charge in [-0.25, -0.2) is 13.3 Å². The van der Waals surface area contributed by atoms with E-state index in [1.807, 2.05) is 37.4 Å². The highest BCUT2D eigenvalue weighted by molar-refractivity contribution is 7.89. The maximum atomic E-state index is 14.2. The number of aryl methyl sites for hydroxylation is 2. The van der Waals surface area contributed by atoms with Gasteiger partial charge in [0.05, 0.1) is 17.0 Å². The van der Waals surface area contributed by atoms with Crippen molar-refractivity contribution in [2.24, 2.45) is 0 Å². The quantitative estimate of drug-likeness (QED) is 0.447. The fourth-order valence-corrected chi connectivity index (χ4v) is 7.54. The van der Waals surface area contributed by atoms with Crippen LogP contribution < -0.4 is 10.2 Å². The van der Waals surface area contributed by atoms with Gasteiger partial charge in [-0.2, -0.15) is 4.31 Å². The molecule has 2 aromatic carbocycles. The largest absolute Gasteiger partial charge is 0.326 e. The monoisotopic (exact) mass is 539 g/mol. The van der Waals surface area contributed by atoms with Gasteiger partial charge in [-0.15, -0.1) is 11.3 Å². The topological polar surface area (TPSA) is 104 Å². The SMILES string of the molecule is CC(=O)Nc1ccc(N2C(=O)CC(N(Cc3cccs3)S(=O)(=O)c3c(C)c(C)cc(C)c3C)C2=O)cc1. The zero-order valence-corrected chi connectivity index (χ0v) is 23.0. The molecule has 1 aromatic heterocycles. The summed E-state index contributed by atoms with van der Waals surface area (Å²) >= 11 is 1.39. The molecule has 194 valence electrons. The number of rotatable bonds is 7. The number of hydrogen-bond acceptors (Lipinski definition) is 6. The summed E-state index contributed by atoms with van der Waals surface area (Å²) in [5, 5.41) is 4.49. The number of sulfonamides is 1. The molecule has 1 aliphatic heterocycles. The van der Waals surface area contributed by atoms with Gasteiger partial charge in [0.2, 0.25) is 21.8 Å². The summed E-state index contributed by atoms with van der Waals surface area (Å²) in [5.74, 6) is -1.33. The highest BCUT2D eigenvalue weighted by Crippen LogP contribution is 2.35. The molecule has 1 atom stereocenters. The Balaban J connectivity index is 1.77. The third kappa shape index (κ3) is 5.09. The van der Waals surface area contributed by atoms with E-state index in [1.54, 1.807) is 38.1 Å². The van der Waals surface area contributed by atoms with Crippen LogP contribution in [0.1, 0.15) is 40.5 Å². The summed E-state index contributed by atoms with van der Waals surface area (Å²) < 4.78 is 29.7.